The van der Waals surface area contributed by atoms with E-state index in [4.69, 9.17) is 9.84 Å². The first kappa shape index (κ1) is 17.9. The number of benzene rings is 1. The molecule has 2 rings (SSSR count). The van der Waals surface area contributed by atoms with E-state index in [0.29, 0.717) is 17.9 Å². The van der Waals surface area contributed by atoms with Gasteiger partial charge in [-0.25, -0.2) is 0 Å². The largest absolute Gasteiger partial charge is 0.491 e. The van der Waals surface area contributed by atoms with Crippen LogP contribution in [0.5, 0.6) is 5.75 Å². The first-order valence-corrected chi connectivity index (χ1v) is 8.28. The van der Waals surface area contributed by atoms with Gasteiger partial charge in [-0.15, -0.1) is 0 Å². The lowest BCUT2D eigenvalue weighted by molar-refractivity contribution is -1.01. The fourth-order valence-electron chi connectivity index (χ4n) is 2.94. The average molecular weight is 324 g/mol. The van der Waals surface area contributed by atoms with Crippen LogP contribution in [0.15, 0.2) is 24.3 Å². The summed E-state index contributed by atoms with van der Waals surface area (Å²) in [6.45, 7) is 7.63. The summed E-state index contributed by atoms with van der Waals surface area (Å²) in [4.78, 5) is 14.0. The molecule has 0 spiro atoms. The molecule has 4 N–H and O–H groups in total. The predicted octanol–water partition coefficient (Wildman–Crippen LogP) is -2.60. The fraction of sp³-hybridized carbons (Fsp3) is 0.588. The number of Topliss-reactive ketones (excluding diaryl/α,β-unsaturated/α-hetero) is 1. The second-order valence-electron chi connectivity index (χ2n) is 6.22. The monoisotopic (exact) mass is 324 g/mol. The maximum absolute atomic E-state index is 11.2. The van der Waals surface area contributed by atoms with Crippen LogP contribution in [0.25, 0.3) is 0 Å². The van der Waals surface area contributed by atoms with Gasteiger partial charge in [0.15, 0.2) is 5.78 Å². The van der Waals surface area contributed by atoms with Crippen molar-refractivity contribution in [3.05, 3.63) is 29.8 Å². The first-order chi connectivity index (χ1) is 11.1. The molecule has 1 saturated heterocycles. The molecule has 1 fully saturated rings. The highest BCUT2D eigenvalue weighted by Gasteiger charge is 2.24. The van der Waals surface area contributed by atoms with Gasteiger partial charge in [-0.1, -0.05) is 0 Å². The summed E-state index contributed by atoms with van der Waals surface area (Å²) in [5.41, 5.74) is 0.658. The lowest BCUT2D eigenvalue weighted by Gasteiger charge is -2.30. The third-order valence-corrected chi connectivity index (χ3v) is 4.36. The maximum Gasteiger partial charge on any atom is 0.159 e. The minimum atomic E-state index is -0.503. The van der Waals surface area contributed by atoms with Crippen molar-refractivity contribution in [1.82, 2.24) is 0 Å². The zero-order valence-electron chi connectivity index (χ0n) is 13.8. The summed E-state index contributed by atoms with van der Waals surface area (Å²) in [7, 11) is 0. The maximum atomic E-state index is 11.2. The summed E-state index contributed by atoms with van der Waals surface area (Å²) < 4.78 is 5.59. The van der Waals surface area contributed by atoms with E-state index in [1.807, 2.05) is 0 Å². The second-order valence-corrected chi connectivity index (χ2v) is 6.22. The van der Waals surface area contributed by atoms with Crippen molar-refractivity contribution in [1.29, 1.82) is 0 Å². The molecule has 0 amide bonds. The Morgan fingerprint density at radius 1 is 1.17 bits per heavy atom. The molecule has 1 aliphatic heterocycles. The quantitative estimate of drug-likeness (QED) is 0.396. The minimum Gasteiger partial charge on any atom is -0.491 e. The molecule has 0 saturated carbocycles. The third-order valence-electron chi connectivity index (χ3n) is 4.36. The number of aliphatic hydroxyl groups is 2. The Hall–Kier alpha value is -1.47. The van der Waals surface area contributed by atoms with E-state index in [1.54, 1.807) is 24.3 Å². The van der Waals surface area contributed by atoms with E-state index in [0.717, 1.165) is 32.7 Å². The molecule has 1 atom stereocenters. The molecule has 1 heterocycles. The molecule has 1 aromatic carbocycles. The van der Waals surface area contributed by atoms with Crippen LogP contribution in [-0.2, 0) is 0 Å². The van der Waals surface area contributed by atoms with Crippen molar-refractivity contribution in [3.63, 3.8) is 0 Å². The number of nitrogens with one attached hydrogen (secondary N) is 2. The number of ketones is 1. The zero-order chi connectivity index (χ0) is 16.7. The third kappa shape index (κ3) is 5.91. The van der Waals surface area contributed by atoms with Crippen molar-refractivity contribution in [2.75, 3.05) is 52.5 Å². The Bertz CT molecular complexity index is 484. The van der Waals surface area contributed by atoms with Gasteiger partial charge in [0, 0.05) is 5.56 Å². The Balaban J connectivity index is 1.69. The van der Waals surface area contributed by atoms with Gasteiger partial charge >= 0.3 is 0 Å². The molecule has 0 unspecified atom stereocenters. The fourth-order valence-corrected chi connectivity index (χ4v) is 2.94. The van der Waals surface area contributed by atoms with Crippen molar-refractivity contribution in [2.24, 2.45) is 0 Å². The van der Waals surface area contributed by atoms with E-state index in [2.05, 4.69) is 0 Å². The summed E-state index contributed by atoms with van der Waals surface area (Å²) in [5, 5.41) is 19.1. The number of carbonyl (C=O) groups is 1. The highest BCUT2D eigenvalue weighted by atomic mass is 16.5. The van der Waals surface area contributed by atoms with E-state index in [9.17, 15) is 9.90 Å². The van der Waals surface area contributed by atoms with Crippen LogP contribution in [0.1, 0.15) is 17.3 Å². The second kappa shape index (κ2) is 8.98. The first-order valence-electron chi connectivity index (χ1n) is 8.28. The van der Waals surface area contributed by atoms with E-state index >= 15 is 0 Å². The summed E-state index contributed by atoms with van der Waals surface area (Å²) in [5.74, 6) is 0.698. The Labute approximate surface area is 137 Å². The van der Waals surface area contributed by atoms with Gasteiger partial charge in [-0.3, -0.25) is 4.79 Å². The van der Waals surface area contributed by atoms with E-state index in [-0.39, 0.29) is 19.0 Å². The van der Waals surface area contributed by atoms with Gasteiger partial charge < -0.3 is 24.7 Å². The van der Waals surface area contributed by atoms with E-state index < -0.39 is 6.10 Å². The number of piperazine rings is 1. The van der Waals surface area contributed by atoms with Gasteiger partial charge in [0.05, 0.1) is 6.61 Å². The molecule has 0 radical (unpaired) electrons. The van der Waals surface area contributed by atoms with Gasteiger partial charge in [0.1, 0.15) is 57.7 Å². The number of hydrogen-bond acceptors (Lipinski definition) is 4. The van der Waals surface area contributed by atoms with Crippen molar-refractivity contribution in [3.8, 4) is 5.75 Å². The number of hydrogen-bond donors (Lipinski definition) is 4. The van der Waals surface area contributed by atoms with Crippen LogP contribution in [0.2, 0.25) is 0 Å². The SMILES string of the molecule is CC(=O)c1ccc(OC[C@H](O)C[NH+]2CC[NH+](CCO)CC2)cc1. The number of quaternary nitrogens is 2. The lowest BCUT2D eigenvalue weighted by atomic mass is 10.1. The lowest BCUT2D eigenvalue weighted by Crippen LogP contribution is -3.28. The topological polar surface area (TPSA) is 75.6 Å². The molecular formula is C17H28N2O4+2. The van der Waals surface area contributed by atoms with Crippen molar-refractivity contribution < 1.29 is 29.5 Å². The predicted molar refractivity (Wildman–Crippen MR) is 86.2 cm³/mol. The number of aliphatic hydroxyl groups excluding tert-OH is 2. The summed E-state index contributed by atoms with van der Waals surface area (Å²) in [6, 6.07) is 6.98. The highest BCUT2D eigenvalue weighted by molar-refractivity contribution is 5.94. The molecule has 1 aliphatic rings. The van der Waals surface area contributed by atoms with Gasteiger partial charge in [-0.2, -0.15) is 0 Å². The van der Waals surface area contributed by atoms with Crippen LogP contribution in [0.4, 0.5) is 0 Å². The zero-order valence-corrected chi connectivity index (χ0v) is 13.8. The molecule has 23 heavy (non-hydrogen) atoms. The van der Waals surface area contributed by atoms with Crippen LogP contribution < -0.4 is 14.5 Å². The molecule has 1 aromatic rings. The number of carbonyl (C=O) groups excluding carboxylic acids is 1. The van der Waals surface area contributed by atoms with Crippen LogP contribution in [-0.4, -0.2) is 74.6 Å². The normalized spacial score (nSPS) is 22.6. The van der Waals surface area contributed by atoms with E-state index in [1.165, 1.54) is 16.7 Å². The molecule has 0 aliphatic carbocycles. The molecule has 6 heteroatoms. The average Bonchev–Trinajstić information content (AvgIpc) is 2.55. The van der Waals surface area contributed by atoms with Gasteiger partial charge in [-0.05, 0) is 31.2 Å². The minimum absolute atomic E-state index is 0.0302. The molecule has 0 aromatic heterocycles. The van der Waals surface area contributed by atoms with Crippen LogP contribution in [0.3, 0.4) is 0 Å². The van der Waals surface area contributed by atoms with Gasteiger partial charge in [0.25, 0.3) is 0 Å². The number of ether oxygens (including phenoxy) is 1. The molecule has 0 bridgehead atoms. The number of rotatable bonds is 8. The molecule has 128 valence electrons. The Morgan fingerprint density at radius 3 is 2.35 bits per heavy atom. The Morgan fingerprint density at radius 2 is 1.78 bits per heavy atom. The van der Waals surface area contributed by atoms with Crippen LogP contribution in [0, 0.1) is 0 Å². The molecule has 6 nitrogen and oxygen atoms in total. The summed E-state index contributed by atoms with van der Waals surface area (Å²) in [6.07, 6.45) is -0.503. The smallest absolute Gasteiger partial charge is 0.159 e. The van der Waals surface area contributed by atoms with Gasteiger partial charge in [0.2, 0.25) is 0 Å². The van der Waals surface area contributed by atoms with Crippen LogP contribution >= 0.6 is 0 Å². The summed E-state index contributed by atoms with van der Waals surface area (Å²) >= 11 is 0. The highest BCUT2D eigenvalue weighted by Crippen LogP contribution is 2.12. The molecular weight excluding hydrogens is 296 g/mol. The van der Waals surface area contributed by atoms with Crippen molar-refractivity contribution >= 4 is 5.78 Å². The standard InChI is InChI=1S/C17H26N2O4/c1-14(21)15-2-4-17(5-3-15)23-13-16(22)12-19-8-6-18(7-9-19)10-11-20/h2-5,16,20,22H,6-13H2,1H3/p+2/t16-/m1/s1. The van der Waals surface area contributed by atoms with Crippen molar-refractivity contribution in [2.45, 2.75) is 13.0 Å². The Kier molecular flexibility index (Phi) is 6.98.